The molecule has 5 heteroatoms. The second kappa shape index (κ2) is 4.99. The summed E-state index contributed by atoms with van der Waals surface area (Å²) in [6, 6.07) is 0. The number of aryl methyl sites for hydroxylation is 1. The van der Waals surface area contributed by atoms with Gasteiger partial charge in [0.05, 0.1) is 11.6 Å². The van der Waals surface area contributed by atoms with E-state index in [2.05, 4.69) is 22.2 Å². The van der Waals surface area contributed by atoms with Crippen molar-refractivity contribution in [3.63, 3.8) is 0 Å². The molecule has 0 bridgehead atoms. The Morgan fingerprint density at radius 2 is 2.47 bits per heavy atom. The van der Waals surface area contributed by atoms with Gasteiger partial charge in [-0.15, -0.1) is 11.3 Å². The summed E-state index contributed by atoms with van der Waals surface area (Å²) in [5.41, 5.74) is 0. The number of hydrogen-bond acceptors (Lipinski definition) is 5. The Bertz CT molecular complexity index is 359. The molecule has 0 saturated carbocycles. The summed E-state index contributed by atoms with van der Waals surface area (Å²) in [6.45, 7) is 6.07. The summed E-state index contributed by atoms with van der Waals surface area (Å²) in [5, 5.41) is 5.56. The number of nitrogens with zero attached hydrogens (tertiary/aromatic N) is 2. The number of aromatic nitrogens is 1. The summed E-state index contributed by atoms with van der Waals surface area (Å²) >= 11 is 3.56. The molecule has 0 aliphatic carbocycles. The third kappa shape index (κ3) is 3.21. The lowest BCUT2D eigenvalue weighted by Crippen LogP contribution is -2.25. The van der Waals surface area contributed by atoms with Crippen molar-refractivity contribution in [2.45, 2.75) is 20.4 Å². The second-order valence-electron chi connectivity index (χ2n) is 3.76. The van der Waals surface area contributed by atoms with Gasteiger partial charge in [-0.05, 0) is 12.8 Å². The number of hydrogen-bond donors (Lipinski definition) is 1. The molecule has 15 heavy (non-hydrogen) atoms. The van der Waals surface area contributed by atoms with Crippen molar-refractivity contribution in [3.8, 4) is 0 Å². The van der Waals surface area contributed by atoms with E-state index in [9.17, 15) is 0 Å². The van der Waals surface area contributed by atoms with Crippen molar-refractivity contribution in [2.75, 3.05) is 12.3 Å². The highest BCUT2D eigenvalue weighted by atomic mass is 32.2. The molecule has 0 saturated heterocycles. The Hall–Kier alpha value is -0.550. The molecule has 2 heterocycles. The molecule has 0 fully saturated rings. The van der Waals surface area contributed by atoms with E-state index in [-0.39, 0.29) is 0 Å². The monoisotopic (exact) mass is 241 g/mol. The van der Waals surface area contributed by atoms with Crippen LogP contribution < -0.4 is 5.32 Å². The highest BCUT2D eigenvalue weighted by Gasteiger charge is 2.11. The molecule has 1 aromatic heterocycles. The Kier molecular flexibility index (Phi) is 3.64. The van der Waals surface area contributed by atoms with Crippen LogP contribution in [0.3, 0.4) is 0 Å². The lowest BCUT2D eigenvalue weighted by Gasteiger charge is -2.17. The molecule has 2 rings (SSSR count). The first-order chi connectivity index (χ1) is 7.24. The largest absolute Gasteiger partial charge is 0.360 e. The van der Waals surface area contributed by atoms with Gasteiger partial charge >= 0.3 is 0 Å². The molecule has 1 atom stereocenters. The summed E-state index contributed by atoms with van der Waals surface area (Å²) in [7, 11) is 0. The number of thiazole rings is 1. The summed E-state index contributed by atoms with van der Waals surface area (Å²) < 4.78 is 0. The fraction of sp³-hybridized carbons (Fsp3) is 0.600. The smallest absolute Gasteiger partial charge is 0.156 e. The van der Waals surface area contributed by atoms with Gasteiger partial charge in [-0.2, -0.15) is 0 Å². The Morgan fingerprint density at radius 1 is 1.60 bits per heavy atom. The number of amidine groups is 1. The maximum Gasteiger partial charge on any atom is 0.156 e. The van der Waals surface area contributed by atoms with E-state index in [4.69, 9.17) is 0 Å². The van der Waals surface area contributed by atoms with E-state index in [1.807, 2.05) is 24.9 Å². The third-order valence-electron chi connectivity index (χ3n) is 2.13. The summed E-state index contributed by atoms with van der Waals surface area (Å²) in [6.07, 6.45) is 1.93. The first-order valence-corrected chi connectivity index (χ1v) is 6.86. The van der Waals surface area contributed by atoms with E-state index in [1.165, 1.54) is 10.6 Å². The first kappa shape index (κ1) is 11.0. The summed E-state index contributed by atoms with van der Waals surface area (Å²) in [5.74, 6) is 1.89. The third-order valence-corrected chi connectivity index (χ3v) is 4.33. The molecule has 1 aromatic rings. The Balaban J connectivity index is 1.83. The van der Waals surface area contributed by atoms with Gasteiger partial charge in [0.25, 0.3) is 0 Å². The van der Waals surface area contributed by atoms with Crippen molar-refractivity contribution in [2.24, 2.45) is 10.9 Å². The molecular weight excluding hydrogens is 226 g/mol. The average molecular weight is 241 g/mol. The SMILES string of the molecule is Cc1ncc(CNC2=NCC(C)CS2)s1. The van der Waals surface area contributed by atoms with Crippen molar-refractivity contribution < 1.29 is 0 Å². The second-order valence-corrected chi connectivity index (χ2v) is 6.09. The van der Waals surface area contributed by atoms with Gasteiger partial charge in [0.1, 0.15) is 0 Å². The number of rotatable bonds is 2. The van der Waals surface area contributed by atoms with Crippen LogP contribution in [0.2, 0.25) is 0 Å². The molecule has 0 radical (unpaired) electrons. The summed E-state index contributed by atoms with van der Waals surface area (Å²) in [4.78, 5) is 9.98. The maximum atomic E-state index is 4.49. The van der Waals surface area contributed by atoms with Crippen molar-refractivity contribution >= 4 is 28.3 Å². The minimum atomic E-state index is 0.714. The first-order valence-electron chi connectivity index (χ1n) is 5.06. The van der Waals surface area contributed by atoms with Crippen LogP contribution in [0, 0.1) is 12.8 Å². The van der Waals surface area contributed by atoms with Crippen LogP contribution in [0.25, 0.3) is 0 Å². The molecule has 1 N–H and O–H groups in total. The van der Waals surface area contributed by atoms with Crippen LogP contribution in [0.5, 0.6) is 0 Å². The maximum absolute atomic E-state index is 4.49. The highest BCUT2D eigenvalue weighted by Crippen LogP contribution is 2.17. The minimum Gasteiger partial charge on any atom is -0.360 e. The van der Waals surface area contributed by atoms with Gasteiger partial charge in [-0.3, -0.25) is 4.99 Å². The topological polar surface area (TPSA) is 37.3 Å². The molecule has 1 unspecified atom stereocenters. The number of thioether (sulfide) groups is 1. The predicted octanol–water partition coefficient (Wildman–Crippen LogP) is 2.28. The van der Waals surface area contributed by atoms with Crippen LogP contribution in [-0.4, -0.2) is 22.4 Å². The van der Waals surface area contributed by atoms with Gasteiger partial charge in [0, 0.05) is 23.4 Å². The molecule has 1 aliphatic rings. The number of nitrogens with one attached hydrogen (secondary N) is 1. The molecule has 0 spiro atoms. The van der Waals surface area contributed by atoms with Gasteiger partial charge in [0.15, 0.2) is 5.17 Å². The molecule has 1 aliphatic heterocycles. The van der Waals surface area contributed by atoms with Gasteiger partial charge in [-0.1, -0.05) is 18.7 Å². The van der Waals surface area contributed by atoms with E-state index in [1.54, 1.807) is 11.3 Å². The fourth-order valence-electron chi connectivity index (χ4n) is 1.32. The van der Waals surface area contributed by atoms with E-state index in [0.29, 0.717) is 5.92 Å². The van der Waals surface area contributed by atoms with Crippen LogP contribution >= 0.6 is 23.1 Å². The Morgan fingerprint density at radius 3 is 3.07 bits per heavy atom. The van der Waals surface area contributed by atoms with Crippen LogP contribution in [-0.2, 0) is 6.54 Å². The lowest BCUT2D eigenvalue weighted by atomic mass is 10.2. The minimum absolute atomic E-state index is 0.714. The van der Waals surface area contributed by atoms with E-state index in [0.717, 1.165) is 23.3 Å². The van der Waals surface area contributed by atoms with Crippen LogP contribution in [0.15, 0.2) is 11.2 Å². The molecule has 0 amide bonds. The van der Waals surface area contributed by atoms with Crippen LogP contribution in [0.1, 0.15) is 16.8 Å². The van der Waals surface area contributed by atoms with E-state index >= 15 is 0 Å². The predicted molar refractivity (Wildman–Crippen MR) is 67.6 cm³/mol. The molecule has 0 aromatic carbocycles. The van der Waals surface area contributed by atoms with Crippen molar-refractivity contribution in [1.29, 1.82) is 0 Å². The van der Waals surface area contributed by atoms with Gasteiger partial charge in [0.2, 0.25) is 0 Å². The highest BCUT2D eigenvalue weighted by molar-refractivity contribution is 8.13. The molecular formula is C10H15N3S2. The quantitative estimate of drug-likeness (QED) is 0.863. The Labute approximate surface area is 98.4 Å². The zero-order valence-corrected chi connectivity index (χ0v) is 10.6. The fourth-order valence-corrected chi connectivity index (χ4v) is 2.94. The zero-order chi connectivity index (χ0) is 10.7. The zero-order valence-electron chi connectivity index (χ0n) is 8.99. The van der Waals surface area contributed by atoms with E-state index < -0.39 is 0 Å². The molecule has 3 nitrogen and oxygen atoms in total. The molecule has 82 valence electrons. The van der Waals surface area contributed by atoms with Crippen molar-refractivity contribution in [3.05, 3.63) is 16.1 Å². The number of aliphatic imine (C=N–C) groups is 1. The van der Waals surface area contributed by atoms with Crippen molar-refractivity contribution in [1.82, 2.24) is 10.3 Å². The standard InChI is InChI=1S/C10H15N3S2/c1-7-3-12-10(14-6-7)13-5-9-4-11-8(2)15-9/h4,7H,3,5-6H2,1-2H3,(H,12,13). The van der Waals surface area contributed by atoms with Gasteiger partial charge in [-0.25, -0.2) is 4.98 Å². The lowest BCUT2D eigenvalue weighted by molar-refractivity contribution is 0.669. The normalized spacial score (nSPS) is 21.2. The average Bonchev–Trinajstić information content (AvgIpc) is 2.64. The van der Waals surface area contributed by atoms with Crippen LogP contribution in [0.4, 0.5) is 0 Å². The van der Waals surface area contributed by atoms with Gasteiger partial charge < -0.3 is 5.32 Å².